The monoisotopic (exact) mass is 308 g/mol. The average molecular weight is 309 g/mol. The second-order valence-corrected chi connectivity index (χ2v) is 4.15. The molecule has 1 heterocycles. The van der Waals surface area contributed by atoms with E-state index in [0.29, 0.717) is 0 Å². The van der Waals surface area contributed by atoms with Crippen LogP contribution >= 0.6 is 11.6 Å². The Balaban J connectivity index is 2.31. The van der Waals surface area contributed by atoms with Crippen molar-refractivity contribution in [3.05, 3.63) is 51.4 Å². The molecule has 1 amide bonds. The van der Waals surface area contributed by atoms with E-state index in [0.717, 1.165) is 6.07 Å². The Morgan fingerprint density at radius 2 is 2.10 bits per heavy atom. The van der Waals surface area contributed by atoms with Crippen LogP contribution in [0.2, 0.25) is 5.15 Å². The lowest BCUT2D eigenvalue weighted by atomic mass is 10.1. The van der Waals surface area contributed by atoms with Crippen LogP contribution in [-0.4, -0.2) is 27.9 Å². The zero-order valence-corrected chi connectivity index (χ0v) is 11.5. The molecule has 0 fully saturated rings. The molecular formula is C12H9ClN4O4. The summed E-state index contributed by atoms with van der Waals surface area (Å²) in [6.07, 6.45) is 2.75. The summed E-state index contributed by atoms with van der Waals surface area (Å²) in [6, 6.07) is 3.65. The highest BCUT2D eigenvalue weighted by atomic mass is 35.5. The van der Waals surface area contributed by atoms with E-state index in [1.54, 1.807) is 0 Å². The first kappa shape index (κ1) is 14.7. The standard InChI is InChI=1S/C12H9ClN4O4/c1-21-9-6-7(17(19)20)2-3-8(9)12(18)16-11-10(13)14-4-5-15-11/h2-6H,1H3,(H,15,16,18). The molecule has 0 atom stereocenters. The van der Waals surface area contributed by atoms with E-state index in [2.05, 4.69) is 15.3 Å². The maximum atomic E-state index is 12.1. The van der Waals surface area contributed by atoms with Crippen molar-refractivity contribution < 1.29 is 14.5 Å². The summed E-state index contributed by atoms with van der Waals surface area (Å²) < 4.78 is 4.99. The molecule has 2 aromatic rings. The summed E-state index contributed by atoms with van der Waals surface area (Å²) in [5.41, 5.74) is -0.0641. The van der Waals surface area contributed by atoms with Gasteiger partial charge in [-0.3, -0.25) is 14.9 Å². The first-order valence-corrected chi connectivity index (χ1v) is 6.01. The third kappa shape index (κ3) is 3.23. The van der Waals surface area contributed by atoms with E-state index in [9.17, 15) is 14.9 Å². The lowest BCUT2D eigenvalue weighted by Gasteiger charge is -2.09. The fourth-order valence-electron chi connectivity index (χ4n) is 1.56. The Kier molecular flexibility index (Phi) is 4.29. The number of hydrogen-bond donors (Lipinski definition) is 1. The predicted molar refractivity (Wildman–Crippen MR) is 74.6 cm³/mol. The number of benzene rings is 1. The molecule has 1 aromatic carbocycles. The van der Waals surface area contributed by atoms with Crippen LogP contribution in [0.4, 0.5) is 11.5 Å². The Morgan fingerprint density at radius 1 is 1.38 bits per heavy atom. The maximum Gasteiger partial charge on any atom is 0.273 e. The van der Waals surface area contributed by atoms with Crippen LogP contribution < -0.4 is 10.1 Å². The molecule has 0 radical (unpaired) electrons. The minimum Gasteiger partial charge on any atom is -0.496 e. The molecule has 0 spiro atoms. The molecule has 21 heavy (non-hydrogen) atoms. The number of ether oxygens (including phenoxy) is 1. The van der Waals surface area contributed by atoms with Crippen LogP contribution in [0.3, 0.4) is 0 Å². The van der Waals surface area contributed by atoms with Gasteiger partial charge in [0.2, 0.25) is 0 Å². The van der Waals surface area contributed by atoms with Crippen LogP contribution in [0.1, 0.15) is 10.4 Å². The van der Waals surface area contributed by atoms with Gasteiger partial charge in [0.1, 0.15) is 5.75 Å². The van der Waals surface area contributed by atoms with Crippen LogP contribution in [0.25, 0.3) is 0 Å². The van der Waals surface area contributed by atoms with Gasteiger partial charge in [0.05, 0.1) is 23.7 Å². The SMILES string of the molecule is COc1cc([N+](=O)[O-])ccc1C(=O)Nc1nccnc1Cl. The third-order valence-corrected chi connectivity index (χ3v) is 2.80. The number of nitro benzene ring substituents is 1. The number of aromatic nitrogens is 2. The normalized spacial score (nSPS) is 10.0. The highest BCUT2D eigenvalue weighted by Crippen LogP contribution is 2.25. The van der Waals surface area contributed by atoms with Gasteiger partial charge < -0.3 is 10.1 Å². The van der Waals surface area contributed by atoms with Crippen molar-refractivity contribution in [1.29, 1.82) is 0 Å². The van der Waals surface area contributed by atoms with Crippen molar-refractivity contribution in [3.8, 4) is 5.75 Å². The molecule has 2 rings (SSSR count). The van der Waals surface area contributed by atoms with Gasteiger partial charge in [0.25, 0.3) is 11.6 Å². The Labute approximate surface area is 123 Å². The predicted octanol–water partition coefficient (Wildman–Crippen LogP) is 2.30. The number of anilines is 1. The number of nitro groups is 1. The first-order chi connectivity index (χ1) is 10.0. The topological polar surface area (TPSA) is 107 Å². The van der Waals surface area contributed by atoms with Gasteiger partial charge >= 0.3 is 0 Å². The largest absolute Gasteiger partial charge is 0.496 e. The van der Waals surface area contributed by atoms with E-state index < -0.39 is 10.8 Å². The van der Waals surface area contributed by atoms with E-state index >= 15 is 0 Å². The molecule has 0 unspecified atom stereocenters. The Bertz CT molecular complexity index is 707. The number of methoxy groups -OCH3 is 1. The second-order valence-electron chi connectivity index (χ2n) is 3.79. The summed E-state index contributed by atoms with van der Waals surface area (Å²) in [7, 11) is 1.31. The zero-order valence-electron chi connectivity index (χ0n) is 10.7. The van der Waals surface area contributed by atoms with Crippen LogP contribution in [0.5, 0.6) is 5.75 Å². The number of non-ortho nitro benzene ring substituents is 1. The van der Waals surface area contributed by atoms with Gasteiger partial charge in [-0.05, 0) is 6.07 Å². The van der Waals surface area contributed by atoms with Gasteiger partial charge in [-0.2, -0.15) is 0 Å². The molecule has 1 N–H and O–H groups in total. The molecule has 0 saturated heterocycles. The smallest absolute Gasteiger partial charge is 0.273 e. The van der Waals surface area contributed by atoms with Crippen molar-refractivity contribution >= 4 is 29.0 Å². The number of carbonyl (C=O) groups is 1. The highest BCUT2D eigenvalue weighted by molar-refractivity contribution is 6.32. The molecule has 8 nitrogen and oxygen atoms in total. The van der Waals surface area contributed by atoms with E-state index in [1.807, 2.05) is 0 Å². The van der Waals surface area contributed by atoms with Crippen molar-refractivity contribution in [1.82, 2.24) is 9.97 Å². The number of hydrogen-bond acceptors (Lipinski definition) is 6. The number of amides is 1. The number of rotatable bonds is 4. The maximum absolute atomic E-state index is 12.1. The van der Waals surface area contributed by atoms with Gasteiger partial charge in [-0.15, -0.1) is 0 Å². The molecule has 1 aromatic heterocycles. The molecule has 0 aliphatic heterocycles. The zero-order chi connectivity index (χ0) is 15.4. The van der Waals surface area contributed by atoms with E-state index in [-0.39, 0.29) is 28.0 Å². The fourth-order valence-corrected chi connectivity index (χ4v) is 1.71. The second kappa shape index (κ2) is 6.14. The van der Waals surface area contributed by atoms with Crippen LogP contribution in [0, 0.1) is 10.1 Å². The van der Waals surface area contributed by atoms with Crippen molar-refractivity contribution in [3.63, 3.8) is 0 Å². The molecule has 9 heteroatoms. The van der Waals surface area contributed by atoms with Crippen molar-refractivity contribution in [2.24, 2.45) is 0 Å². The highest BCUT2D eigenvalue weighted by Gasteiger charge is 2.18. The number of nitrogens with zero attached hydrogens (tertiary/aromatic N) is 3. The summed E-state index contributed by atoms with van der Waals surface area (Å²) in [5, 5.41) is 13.2. The lowest BCUT2D eigenvalue weighted by Crippen LogP contribution is -2.15. The number of nitrogens with one attached hydrogen (secondary N) is 1. The summed E-state index contributed by atoms with van der Waals surface area (Å²) in [5.74, 6) is -0.407. The quantitative estimate of drug-likeness (QED) is 0.686. The fraction of sp³-hybridized carbons (Fsp3) is 0.0833. The molecule has 0 bridgehead atoms. The van der Waals surface area contributed by atoms with Crippen LogP contribution in [-0.2, 0) is 0 Å². The summed E-state index contributed by atoms with van der Waals surface area (Å²) in [4.78, 5) is 29.9. The molecule has 0 saturated carbocycles. The average Bonchev–Trinajstić information content (AvgIpc) is 2.48. The summed E-state index contributed by atoms with van der Waals surface area (Å²) in [6.45, 7) is 0. The number of halogens is 1. The van der Waals surface area contributed by atoms with Gasteiger partial charge in [0.15, 0.2) is 11.0 Å². The van der Waals surface area contributed by atoms with E-state index in [4.69, 9.17) is 16.3 Å². The minimum absolute atomic E-state index is 0.0340. The van der Waals surface area contributed by atoms with Crippen molar-refractivity contribution in [2.75, 3.05) is 12.4 Å². The molecule has 0 aliphatic carbocycles. The molecule has 108 valence electrons. The summed E-state index contributed by atoms with van der Waals surface area (Å²) >= 11 is 5.79. The Morgan fingerprint density at radius 3 is 2.71 bits per heavy atom. The van der Waals surface area contributed by atoms with E-state index in [1.165, 1.54) is 31.6 Å². The van der Waals surface area contributed by atoms with Gasteiger partial charge in [-0.25, -0.2) is 9.97 Å². The minimum atomic E-state index is -0.580. The van der Waals surface area contributed by atoms with Gasteiger partial charge in [-0.1, -0.05) is 11.6 Å². The lowest BCUT2D eigenvalue weighted by molar-refractivity contribution is -0.384. The first-order valence-electron chi connectivity index (χ1n) is 5.63. The van der Waals surface area contributed by atoms with Crippen molar-refractivity contribution in [2.45, 2.75) is 0 Å². The molecular weight excluding hydrogens is 300 g/mol. The Hall–Kier alpha value is -2.74. The third-order valence-electron chi connectivity index (χ3n) is 2.53. The number of carbonyl (C=O) groups excluding carboxylic acids is 1. The van der Waals surface area contributed by atoms with Gasteiger partial charge in [0, 0.05) is 18.5 Å². The van der Waals surface area contributed by atoms with Crippen LogP contribution in [0.15, 0.2) is 30.6 Å². The molecule has 0 aliphatic rings.